The molecule has 0 radical (unpaired) electrons. The molecular formula is C15H8Br8O2. The summed E-state index contributed by atoms with van der Waals surface area (Å²) in [5.74, 6) is 0.154. The van der Waals surface area contributed by atoms with Crippen molar-refractivity contribution in [2.24, 2.45) is 0 Å². The predicted molar refractivity (Wildman–Crippen MR) is 130 cm³/mol. The lowest BCUT2D eigenvalue weighted by atomic mass is 9.77. The Kier molecular flexibility index (Phi) is 7.71. The Labute approximate surface area is 212 Å². The standard InChI is InChI=1S/C15H8Br8O2/c1-15(2,3-5(16)7(18)9(20)11(22)13(3)24)4-6(17)8(19)10(21)12(23)14(4)25/h24-25H,1-2H3. The van der Waals surface area contributed by atoms with E-state index >= 15 is 0 Å². The van der Waals surface area contributed by atoms with E-state index in [2.05, 4.69) is 127 Å². The highest BCUT2D eigenvalue weighted by Crippen LogP contribution is 2.56. The van der Waals surface area contributed by atoms with Crippen LogP contribution in [0.1, 0.15) is 25.0 Å². The number of hydrogen-bond donors (Lipinski definition) is 2. The molecule has 0 aromatic heterocycles. The van der Waals surface area contributed by atoms with E-state index in [0.717, 1.165) is 8.95 Å². The number of halogens is 8. The lowest BCUT2D eigenvalue weighted by Crippen LogP contribution is -2.22. The van der Waals surface area contributed by atoms with Crippen LogP contribution in [0, 0.1) is 0 Å². The predicted octanol–water partition coefficient (Wildman–Crippen LogP) is 9.52. The second-order valence-electron chi connectivity index (χ2n) is 5.58. The first-order valence-corrected chi connectivity index (χ1v) is 12.8. The number of aromatic hydroxyl groups is 2. The van der Waals surface area contributed by atoms with Crippen molar-refractivity contribution in [2.45, 2.75) is 19.3 Å². The van der Waals surface area contributed by atoms with Crippen molar-refractivity contribution in [3.63, 3.8) is 0 Å². The molecule has 2 aromatic rings. The van der Waals surface area contributed by atoms with Gasteiger partial charge in [-0.2, -0.15) is 0 Å². The third kappa shape index (κ3) is 3.85. The zero-order valence-electron chi connectivity index (χ0n) is 12.4. The van der Waals surface area contributed by atoms with Gasteiger partial charge in [-0.1, -0.05) is 13.8 Å². The van der Waals surface area contributed by atoms with Crippen LogP contribution in [0.4, 0.5) is 0 Å². The molecule has 0 spiro atoms. The molecule has 2 nitrogen and oxygen atoms in total. The molecule has 0 saturated carbocycles. The van der Waals surface area contributed by atoms with E-state index in [1.165, 1.54) is 0 Å². The maximum atomic E-state index is 10.8. The summed E-state index contributed by atoms with van der Waals surface area (Å²) in [7, 11) is 0. The third-order valence-electron chi connectivity index (χ3n) is 3.73. The average Bonchev–Trinajstić information content (AvgIpc) is 2.54. The number of phenolic OH excluding ortho intramolecular Hbond substituents is 2. The Bertz CT molecular complexity index is 763. The SMILES string of the molecule is CC(C)(c1c(O)c(Br)c(Br)c(Br)c1Br)c1c(O)c(Br)c(Br)c(Br)c1Br. The van der Waals surface area contributed by atoms with E-state index in [-0.39, 0.29) is 11.5 Å². The van der Waals surface area contributed by atoms with Gasteiger partial charge < -0.3 is 10.2 Å². The minimum Gasteiger partial charge on any atom is -0.506 e. The first-order valence-electron chi connectivity index (χ1n) is 6.46. The second kappa shape index (κ2) is 8.32. The molecule has 0 aliphatic rings. The quantitative estimate of drug-likeness (QED) is 0.234. The monoisotopic (exact) mass is 851 g/mol. The van der Waals surface area contributed by atoms with Crippen LogP contribution in [0.5, 0.6) is 11.5 Å². The molecule has 0 saturated heterocycles. The number of rotatable bonds is 2. The Morgan fingerprint density at radius 1 is 0.480 bits per heavy atom. The van der Waals surface area contributed by atoms with Gasteiger partial charge in [0.1, 0.15) is 11.5 Å². The minimum absolute atomic E-state index is 0.0772. The largest absolute Gasteiger partial charge is 0.506 e. The van der Waals surface area contributed by atoms with Gasteiger partial charge in [0.25, 0.3) is 0 Å². The normalized spacial score (nSPS) is 11.9. The Hall–Kier alpha value is 1.88. The number of hydrogen-bond acceptors (Lipinski definition) is 2. The summed E-state index contributed by atoms with van der Waals surface area (Å²) < 4.78 is 5.32. The van der Waals surface area contributed by atoms with Gasteiger partial charge >= 0.3 is 0 Å². The van der Waals surface area contributed by atoms with E-state index in [0.29, 0.717) is 38.0 Å². The van der Waals surface area contributed by atoms with Gasteiger partial charge in [-0.05, 0) is 127 Å². The second-order valence-corrected chi connectivity index (χ2v) is 11.9. The molecule has 0 atom stereocenters. The Morgan fingerprint density at radius 2 is 0.720 bits per heavy atom. The van der Waals surface area contributed by atoms with E-state index in [1.807, 2.05) is 13.8 Å². The molecule has 2 N–H and O–H groups in total. The third-order valence-corrected chi connectivity index (χ3v) is 13.2. The van der Waals surface area contributed by atoms with Crippen molar-refractivity contribution >= 4 is 127 Å². The summed E-state index contributed by atoms with van der Waals surface area (Å²) >= 11 is 27.9. The van der Waals surface area contributed by atoms with Gasteiger partial charge in [-0.15, -0.1) is 0 Å². The lowest BCUT2D eigenvalue weighted by Gasteiger charge is -2.32. The summed E-state index contributed by atoms with van der Waals surface area (Å²) in [6.07, 6.45) is 0. The summed E-state index contributed by atoms with van der Waals surface area (Å²) in [6.45, 7) is 3.85. The van der Waals surface area contributed by atoms with Crippen molar-refractivity contribution in [1.82, 2.24) is 0 Å². The van der Waals surface area contributed by atoms with Crippen molar-refractivity contribution in [3.8, 4) is 11.5 Å². The van der Waals surface area contributed by atoms with E-state index in [1.54, 1.807) is 0 Å². The topological polar surface area (TPSA) is 40.5 Å². The number of benzene rings is 2. The maximum absolute atomic E-state index is 10.8. The van der Waals surface area contributed by atoms with Crippen molar-refractivity contribution < 1.29 is 10.2 Å². The molecular weight excluding hydrogens is 851 g/mol. The van der Waals surface area contributed by atoms with Crippen LogP contribution in [-0.4, -0.2) is 10.2 Å². The lowest BCUT2D eigenvalue weighted by molar-refractivity contribution is 0.429. The van der Waals surface area contributed by atoms with Gasteiger partial charge in [-0.25, -0.2) is 0 Å². The van der Waals surface area contributed by atoms with Gasteiger partial charge in [0.05, 0.1) is 17.9 Å². The van der Waals surface area contributed by atoms with Crippen LogP contribution in [-0.2, 0) is 5.41 Å². The molecule has 0 bridgehead atoms. The number of phenols is 2. The fraction of sp³-hybridized carbons (Fsp3) is 0.200. The molecule has 2 aromatic carbocycles. The van der Waals surface area contributed by atoms with Crippen LogP contribution < -0.4 is 0 Å². The highest BCUT2D eigenvalue weighted by Gasteiger charge is 2.37. The van der Waals surface area contributed by atoms with Crippen LogP contribution in [0.2, 0.25) is 0 Å². The van der Waals surface area contributed by atoms with Crippen molar-refractivity contribution in [2.75, 3.05) is 0 Å². The fourth-order valence-corrected chi connectivity index (χ4v) is 7.69. The maximum Gasteiger partial charge on any atom is 0.136 e. The van der Waals surface area contributed by atoms with Gasteiger partial charge in [0.2, 0.25) is 0 Å². The molecule has 10 heteroatoms. The van der Waals surface area contributed by atoms with Gasteiger partial charge in [0.15, 0.2) is 0 Å². The molecule has 2 rings (SSSR count). The Morgan fingerprint density at radius 3 is 1.00 bits per heavy atom. The summed E-state index contributed by atoms with van der Waals surface area (Å²) in [5.41, 5.74) is 0.474. The van der Waals surface area contributed by atoms with Crippen molar-refractivity contribution in [3.05, 3.63) is 46.9 Å². The van der Waals surface area contributed by atoms with Crippen molar-refractivity contribution in [1.29, 1.82) is 0 Å². The minimum atomic E-state index is -0.761. The zero-order chi connectivity index (χ0) is 19.4. The first-order chi connectivity index (χ1) is 11.4. The van der Waals surface area contributed by atoms with E-state index in [9.17, 15) is 10.2 Å². The molecule has 0 unspecified atom stereocenters. The van der Waals surface area contributed by atoms with Crippen LogP contribution in [0.3, 0.4) is 0 Å². The molecule has 136 valence electrons. The molecule has 0 amide bonds. The average molecular weight is 859 g/mol. The highest BCUT2D eigenvalue weighted by molar-refractivity contribution is 9.15. The van der Waals surface area contributed by atoms with Crippen LogP contribution in [0.25, 0.3) is 0 Å². The van der Waals surface area contributed by atoms with Gasteiger partial charge in [0, 0.05) is 34.4 Å². The molecule has 25 heavy (non-hydrogen) atoms. The fourth-order valence-electron chi connectivity index (χ4n) is 2.51. The molecule has 0 fully saturated rings. The van der Waals surface area contributed by atoms with Gasteiger partial charge in [-0.3, -0.25) is 0 Å². The zero-order valence-corrected chi connectivity index (χ0v) is 25.1. The van der Waals surface area contributed by atoms with Crippen LogP contribution in [0.15, 0.2) is 35.8 Å². The van der Waals surface area contributed by atoms with E-state index in [4.69, 9.17) is 0 Å². The molecule has 0 aliphatic carbocycles. The molecule has 0 aliphatic heterocycles. The summed E-state index contributed by atoms with van der Waals surface area (Å²) in [6, 6.07) is 0. The highest BCUT2D eigenvalue weighted by atomic mass is 79.9. The smallest absolute Gasteiger partial charge is 0.136 e. The summed E-state index contributed by atoms with van der Waals surface area (Å²) in [4.78, 5) is 0. The molecule has 0 heterocycles. The van der Waals surface area contributed by atoms with Crippen LogP contribution >= 0.6 is 127 Å². The Balaban J connectivity index is 2.96. The first kappa shape index (κ1) is 23.2. The summed E-state index contributed by atoms with van der Waals surface area (Å²) in [5, 5.41) is 21.6. The van der Waals surface area contributed by atoms with E-state index < -0.39 is 5.41 Å².